The van der Waals surface area contributed by atoms with Crippen molar-refractivity contribution in [2.45, 2.75) is 33.2 Å². The predicted molar refractivity (Wildman–Crippen MR) is 90.7 cm³/mol. The van der Waals surface area contributed by atoms with Crippen molar-refractivity contribution in [3.8, 4) is 5.75 Å². The van der Waals surface area contributed by atoms with Crippen molar-refractivity contribution in [2.24, 2.45) is 0 Å². The smallest absolute Gasteiger partial charge is 0.211 e. The zero-order chi connectivity index (χ0) is 16.6. The van der Waals surface area contributed by atoms with E-state index in [1.165, 1.54) is 0 Å². The van der Waals surface area contributed by atoms with Gasteiger partial charge in [0.1, 0.15) is 5.75 Å². The third kappa shape index (κ3) is 5.59. The SMILES string of the molecule is CCCS(=O)(=O)NCC(c1ccc(OC)cc1)N(CC)CC. The molecule has 1 aromatic rings. The van der Waals surface area contributed by atoms with Crippen LogP contribution in [0.2, 0.25) is 0 Å². The quantitative estimate of drug-likeness (QED) is 0.716. The summed E-state index contributed by atoms with van der Waals surface area (Å²) < 4.78 is 31.8. The Morgan fingerprint density at radius 2 is 1.73 bits per heavy atom. The van der Waals surface area contributed by atoms with Crippen molar-refractivity contribution in [1.29, 1.82) is 0 Å². The molecular weight excluding hydrogens is 300 g/mol. The Balaban J connectivity index is 2.92. The molecule has 0 aliphatic heterocycles. The molecule has 1 unspecified atom stereocenters. The summed E-state index contributed by atoms with van der Waals surface area (Å²) in [5, 5.41) is 0. The molecule has 0 bridgehead atoms. The molecule has 0 aliphatic carbocycles. The minimum atomic E-state index is -3.20. The van der Waals surface area contributed by atoms with Crippen LogP contribution in [0.25, 0.3) is 0 Å². The number of ether oxygens (including phenoxy) is 1. The van der Waals surface area contributed by atoms with Crippen LogP contribution < -0.4 is 9.46 Å². The number of rotatable bonds is 10. The molecule has 0 fully saturated rings. The van der Waals surface area contributed by atoms with Crippen molar-refractivity contribution in [2.75, 3.05) is 32.5 Å². The summed E-state index contributed by atoms with van der Waals surface area (Å²) in [6.07, 6.45) is 0.619. The summed E-state index contributed by atoms with van der Waals surface area (Å²) in [5.74, 6) is 0.967. The van der Waals surface area contributed by atoms with Gasteiger partial charge in [-0.05, 0) is 37.2 Å². The lowest BCUT2D eigenvalue weighted by molar-refractivity contribution is 0.220. The molecule has 0 aromatic heterocycles. The molecule has 0 aliphatic rings. The monoisotopic (exact) mass is 328 g/mol. The molecule has 1 aromatic carbocycles. The van der Waals surface area contributed by atoms with Gasteiger partial charge in [0, 0.05) is 12.6 Å². The van der Waals surface area contributed by atoms with E-state index >= 15 is 0 Å². The van der Waals surface area contributed by atoms with Gasteiger partial charge in [-0.3, -0.25) is 4.90 Å². The molecule has 0 radical (unpaired) electrons. The number of benzene rings is 1. The van der Waals surface area contributed by atoms with Gasteiger partial charge < -0.3 is 4.74 Å². The average molecular weight is 328 g/mol. The normalized spacial score (nSPS) is 13.3. The van der Waals surface area contributed by atoms with Crippen LogP contribution in [0, 0.1) is 0 Å². The highest BCUT2D eigenvalue weighted by Crippen LogP contribution is 2.22. The third-order valence-electron chi connectivity index (χ3n) is 3.72. The standard InChI is InChI=1S/C16H28N2O3S/c1-5-12-22(19,20)17-13-16(18(6-2)7-3)14-8-10-15(21-4)11-9-14/h8-11,16-17H,5-7,12-13H2,1-4H3. The van der Waals surface area contributed by atoms with E-state index in [-0.39, 0.29) is 11.8 Å². The maximum absolute atomic E-state index is 11.9. The molecule has 0 amide bonds. The van der Waals surface area contributed by atoms with E-state index in [1.807, 2.05) is 31.2 Å². The third-order valence-corrected chi connectivity index (χ3v) is 5.28. The minimum Gasteiger partial charge on any atom is -0.497 e. The summed E-state index contributed by atoms with van der Waals surface area (Å²) >= 11 is 0. The van der Waals surface area contributed by atoms with E-state index in [2.05, 4.69) is 23.5 Å². The van der Waals surface area contributed by atoms with Crippen LogP contribution in [0.4, 0.5) is 0 Å². The Bertz CT molecular complexity index is 525. The van der Waals surface area contributed by atoms with Gasteiger partial charge in [-0.1, -0.05) is 32.9 Å². The molecular formula is C16H28N2O3S. The van der Waals surface area contributed by atoms with E-state index in [0.717, 1.165) is 24.4 Å². The first-order valence-corrected chi connectivity index (χ1v) is 9.47. The number of nitrogens with one attached hydrogen (secondary N) is 1. The zero-order valence-corrected chi connectivity index (χ0v) is 14.8. The summed E-state index contributed by atoms with van der Waals surface area (Å²) in [6, 6.07) is 7.83. The average Bonchev–Trinajstić information content (AvgIpc) is 2.51. The Kier molecular flexibility index (Phi) is 7.85. The van der Waals surface area contributed by atoms with E-state index in [1.54, 1.807) is 7.11 Å². The number of nitrogens with zero attached hydrogens (tertiary/aromatic N) is 1. The second kappa shape index (κ2) is 9.12. The molecule has 0 spiro atoms. The van der Waals surface area contributed by atoms with Crippen LogP contribution in [-0.2, 0) is 10.0 Å². The molecule has 1 N–H and O–H groups in total. The zero-order valence-electron chi connectivity index (χ0n) is 14.0. The molecule has 126 valence electrons. The van der Waals surface area contributed by atoms with Crippen LogP contribution in [0.1, 0.15) is 38.8 Å². The number of hydrogen-bond donors (Lipinski definition) is 1. The maximum Gasteiger partial charge on any atom is 0.211 e. The number of hydrogen-bond acceptors (Lipinski definition) is 4. The lowest BCUT2D eigenvalue weighted by Crippen LogP contribution is -2.38. The van der Waals surface area contributed by atoms with Crippen molar-refractivity contribution in [3.05, 3.63) is 29.8 Å². The predicted octanol–water partition coefficient (Wildman–Crippen LogP) is 2.41. The first-order valence-electron chi connectivity index (χ1n) is 7.82. The van der Waals surface area contributed by atoms with Gasteiger partial charge in [0.05, 0.1) is 12.9 Å². The molecule has 6 heteroatoms. The van der Waals surface area contributed by atoms with Crippen molar-refractivity contribution < 1.29 is 13.2 Å². The largest absolute Gasteiger partial charge is 0.497 e. The summed E-state index contributed by atoms with van der Waals surface area (Å²) in [5.41, 5.74) is 1.09. The van der Waals surface area contributed by atoms with Gasteiger partial charge in [-0.25, -0.2) is 13.1 Å². The van der Waals surface area contributed by atoms with Crippen LogP contribution >= 0.6 is 0 Å². The van der Waals surface area contributed by atoms with Crippen molar-refractivity contribution in [1.82, 2.24) is 9.62 Å². The number of likely N-dealkylation sites (N-methyl/N-ethyl adjacent to an activating group) is 1. The highest BCUT2D eigenvalue weighted by Gasteiger charge is 2.20. The number of sulfonamides is 1. The van der Waals surface area contributed by atoms with Crippen LogP contribution in [-0.4, -0.2) is 45.8 Å². The Morgan fingerprint density at radius 1 is 1.14 bits per heavy atom. The van der Waals surface area contributed by atoms with Crippen molar-refractivity contribution in [3.63, 3.8) is 0 Å². The van der Waals surface area contributed by atoms with Gasteiger partial charge in [-0.2, -0.15) is 0 Å². The van der Waals surface area contributed by atoms with E-state index < -0.39 is 10.0 Å². The highest BCUT2D eigenvalue weighted by atomic mass is 32.2. The first kappa shape index (κ1) is 18.9. The summed E-state index contributed by atoms with van der Waals surface area (Å²) in [6.45, 7) is 8.15. The van der Waals surface area contributed by atoms with Crippen molar-refractivity contribution >= 4 is 10.0 Å². The van der Waals surface area contributed by atoms with Crippen LogP contribution in [0.15, 0.2) is 24.3 Å². The molecule has 22 heavy (non-hydrogen) atoms. The van der Waals surface area contributed by atoms with Gasteiger partial charge in [-0.15, -0.1) is 0 Å². The van der Waals surface area contributed by atoms with Gasteiger partial charge in [0.2, 0.25) is 10.0 Å². The Hall–Kier alpha value is -1.11. The van der Waals surface area contributed by atoms with Gasteiger partial charge in [0.15, 0.2) is 0 Å². The fourth-order valence-corrected chi connectivity index (χ4v) is 3.59. The molecule has 1 rings (SSSR count). The lowest BCUT2D eigenvalue weighted by Gasteiger charge is -2.30. The molecule has 1 atom stereocenters. The number of methoxy groups -OCH3 is 1. The second-order valence-electron chi connectivity index (χ2n) is 5.18. The minimum absolute atomic E-state index is 0.0209. The van der Waals surface area contributed by atoms with Gasteiger partial charge >= 0.3 is 0 Å². The molecule has 0 saturated heterocycles. The Morgan fingerprint density at radius 3 is 2.18 bits per heavy atom. The molecule has 0 heterocycles. The van der Waals surface area contributed by atoms with Crippen LogP contribution in [0.3, 0.4) is 0 Å². The highest BCUT2D eigenvalue weighted by molar-refractivity contribution is 7.89. The second-order valence-corrected chi connectivity index (χ2v) is 7.10. The Labute approximate surface area is 134 Å². The fourth-order valence-electron chi connectivity index (χ4n) is 2.50. The van der Waals surface area contributed by atoms with Crippen LogP contribution in [0.5, 0.6) is 5.75 Å². The topological polar surface area (TPSA) is 58.6 Å². The molecule has 5 nitrogen and oxygen atoms in total. The van der Waals surface area contributed by atoms with E-state index in [0.29, 0.717) is 13.0 Å². The fraction of sp³-hybridized carbons (Fsp3) is 0.625. The van der Waals surface area contributed by atoms with Gasteiger partial charge in [0.25, 0.3) is 0 Å². The summed E-state index contributed by atoms with van der Waals surface area (Å²) in [7, 11) is -1.56. The lowest BCUT2D eigenvalue weighted by atomic mass is 10.1. The maximum atomic E-state index is 11.9. The molecule has 0 saturated carbocycles. The van der Waals surface area contributed by atoms with E-state index in [4.69, 9.17) is 4.74 Å². The first-order chi connectivity index (χ1) is 10.5. The summed E-state index contributed by atoms with van der Waals surface area (Å²) in [4.78, 5) is 2.25. The van der Waals surface area contributed by atoms with E-state index in [9.17, 15) is 8.42 Å².